The molecule has 0 spiro atoms. The van der Waals surface area contributed by atoms with Gasteiger partial charge in [-0.3, -0.25) is 14.5 Å². The average Bonchev–Trinajstić information content (AvgIpc) is 3.39. The summed E-state index contributed by atoms with van der Waals surface area (Å²) in [6.07, 6.45) is 62.5. The Morgan fingerprint density at radius 1 is 0.315 bits per heavy atom. The van der Waals surface area contributed by atoms with Gasteiger partial charge in [0.05, 0.1) is 6.54 Å². The van der Waals surface area contributed by atoms with Gasteiger partial charge in [-0.1, -0.05) is 292 Å². The van der Waals surface area contributed by atoms with E-state index in [1.165, 1.54) is 309 Å². The van der Waals surface area contributed by atoms with Crippen molar-refractivity contribution in [3.05, 3.63) is 0 Å². The predicted octanol–water partition coefficient (Wildman–Crippen LogP) is 18.9. The van der Waals surface area contributed by atoms with Gasteiger partial charge in [-0.15, -0.1) is 0 Å². The Morgan fingerprint density at radius 2 is 0.562 bits per heavy atom. The van der Waals surface area contributed by atoms with Crippen LogP contribution in [0.2, 0.25) is 0 Å². The van der Waals surface area contributed by atoms with E-state index in [1.54, 1.807) is 0 Å². The lowest BCUT2D eigenvalue weighted by molar-refractivity contribution is -0.133. The fourth-order valence-corrected chi connectivity index (χ4v) is 11.0. The smallest absolute Gasteiger partial charge is 0.236 e. The first-order chi connectivity index (χ1) is 36.0. The minimum absolute atomic E-state index is 0.00833. The number of nitrogens with zero attached hydrogens (tertiary/aromatic N) is 4. The van der Waals surface area contributed by atoms with E-state index in [-0.39, 0.29) is 11.9 Å². The second-order valence-electron chi connectivity index (χ2n) is 23.3. The van der Waals surface area contributed by atoms with Crippen LogP contribution in [-0.2, 0) is 9.59 Å². The molecule has 0 fully saturated rings. The Kier molecular flexibility index (Phi) is 59.1. The second-order valence-corrected chi connectivity index (χ2v) is 23.3. The van der Waals surface area contributed by atoms with Crippen LogP contribution in [0.1, 0.15) is 337 Å². The number of hydrogen-bond donors (Lipinski definition) is 1. The first-order valence-electron chi connectivity index (χ1n) is 33.6. The SMILES string of the molecule is CCCCCCCCCCCCN(CCCCCCCCCCCC)CCN(CCCCCCCCCCCC)CC(=O)N(CCCN(CCCCCCCCC)CCCCCCCCC)CC(CC)NC=O. The van der Waals surface area contributed by atoms with Crippen LogP contribution in [0, 0.1) is 0 Å². The molecule has 0 rings (SSSR count). The van der Waals surface area contributed by atoms with Crippen LogP contribution < -0.4 is 5.32 Å². The third kappa shape index (κ3) is 51.4. The molecule has 0 aliphatic carbocycles. The van der Waals surface area contributed by atoms with Gasteiger partial charge >= 0.3 is 0 Å². The van der Waals surface area contributed by atoms with Crippen LogP contribution in [0.25, 0.3) is 0 Å². The highest BCUT2D eigenvalue weighted by Crippen LogP contribution is 2.16. The number of carbonyl (C=O) groups is 2. The predicted molar refractivity (Wildman–Crippen MR) is 325 cm³/mol. The summed E-state index contributed by atoms with van der Waals surface area (Å²) in [5, 5.41) is 3.07. The van der Waals surface area contributed by atoms with E-state index in [9.17, 15) is 9.59 Å². The molecule has 73 heavy (non-hydrogen) atoms. The van der Waals surface area contributed by atoms with Crippen molar-refractivity contribution in [1.29, 1.82) is 0 Å². The second kappa shape index (κ2) is 60.1. The Morgan fingerprint density at radius 3 is 0.849 bits per heavy atom. The van der Waals surface area contributed by atoms with Gasteiger partial charge in [0.2, 0.25) is 12.3 Å². The van der Waals surface area contributed by atoms with E-state index < -0.39 is 0 Å². The minimum Gasteiger partial charge on any atom is -0.354 e. The summed E-state index contributed by atoms with van der Waals surface area (Å²) < 4.78 is 0. The summed E-state index contributed by atoms with van der Waals surface area (Å²) in [5.41, 5.74) is 0. The van der Waals surface area contributed by atoms with Crippen LogP contribution in [0.15, 0.2) is 0 Å². The maximum absolute atomic E-state index is 14.7. The lowest BCUT2D eigenvalue weighted by Crippen LogP contribution is -2.48. The van der Waals surface area contributed by atoms with E-state index in [0.717, 1.165) is 52.0 Å². The van der Waals surface area contributed by atoms with Crippen molar-refractivity contribution in [2.45, 2.75) is 343 Å². The van der Waals surface area contributed by atoms with Crippen LogP contribution >= 0.6 is 0 Å². The van der Waals surface area contributed by atoms with E-state index in [0.29, 0.717) is 13.1 Å². The van der Waals surface area contributed by atoms with Crippen molar-refractivity contribution in [2.24, 2.45) is 0 Å². The molecule has 0 aromatic heterocycles. The van der Waals surface area contributed by atoms with Crippen molar-refractivity contribution in [3.63, 3.8) is 0 Å². The van der Waals surface area contributed by atoms with Gasteiger partial charge in [0.15, 0.2) is 0 Å². The molecule has 436 valence electrons. The van der Waals surface area contributed by atoms with Gasteiger partial charge in [-0.05, 0) is 84.2 Å². The largest absolute Gasteiger partial charge is 0.354 e. The highest BCUT2D eigenvalue weighted by molar-refractivity contribution is 5.78. The maximum Gasteiger partial charge on any atom is 0.236 e. The molecule has 1 N–H and O–H groups in total. The van der Waals surface area contributed by atoms with Gasteiger partial charge in [-0.2, -0.15) is 0 Å². The quantitative estimate of drug-likeness (QED) is 0.0486. The highest BCUT2D eigenvalue weighted by atomic mass is 16.2. The zero-order chi connectivity index (χ0) is 53.2. The molecule has 7 heteroatoms. The van der Waals surface area contributed by atoms with Gasteiger partial charge < -0.3 is 20.0 Å². The zero-order valence-electron chi connectivity index (χ0n) is 51.1. The molecule has 1 atom stereocenters. The van der Waals surface area contributed by atoms with Crippen LogP contribution in [0.4, 0.5) is 0 Å². The fourth-order valence-electron chi connectivity index (χ4n) is 11.0. The van der Waals surface area contributed by atoms with E-state index in [2.05, 4.69) is 66.5 Å². The molecule has 2 amide bonds. The van der Waals surface area contributed by atoms with Crippen molar-refractivity contribution >= 4 is 12.3 Å². The topological polar surface area (TPSA) is 59.1 Å². The van der Waals surface area contributed by atoms with Crippen molar-refractivity contribution in [3.8, 4) is 0 Å². The molecular formula is C66H135N5O2. The molecular weight excluding hydrogens is 895 g/mol. The lowest BCUT2D eigenvalue weighted by Gasteiger charge is -2.32. The first-order valence-corrected chi connectivity index (χ1v) is 33.6. The highest BCUT2D eigenvalue weighted by Gasteiger charge is 2.22. The fraction of sp³-hybridized carbons (Fsp3) is 0.970. The standard InChI is InChI=1S/C66H135N5O2/c1-7-13-18-23-28-31-34-39-44-49-55-69(56-50-45-40-35-32-29-24-19-14-8-2)60-61-70(57-51-46-41-36-33-30-25-20-15-9-3)63-66(73)71(62-65(12-6)67-64-72)59-52-58-68(53-47-42-37-26-21-16-10-4)54-48-43-38-27-22-17-11-5/h64-65H,7-63H2,1-6H3,(H,67,72). The summed E-state index contributed by atoms with van der Waals surface area (Å²) in [6, 6.07) is -0.00833. The van der Waals surface area contributed by atoms with E-state index in [1.807, 2.05) is 0 Å². The number of carbonyl (C=O) groups excluding carboxylic acids is 2. The Balaban J connectivity index is 5.94. The molecule has 0 radical (unpaired) electrons. The first kappa shape index (κ1) is 71.8. The molecule has 7 nitrogen and oxygen atoms in total. The van der Waals surface area contributed by atoms with Gasteiger partial charge in [0.25, 0.3) is 0 Å². The number of rotatable bonds is 63. The molecule has 0 aromatic rings. The Bertz CT molecular complexity index is 1030. The van der Waals surface area contributed by atoms with Gasteiger partial charge in [0, 0.05) is 32.2 Å². The lowest BCUT2D eigenvalue weighted by atomic mass is 10.1. The molecule has 0 heterocycles. The molecule has 1 unspecified atom stereocenters. The summed E-state index contributed by atoms with van der Waals surface area (Å²) in [6.45, 7) is 24.4. The number of amides is 2. The Labute approximate surface area is 459 Å². The van der Waals surface area contributed by atoms with E-state index in [4.69, 9.17) is 0 Å². The summed E-state index contributed by atoms with van der Waals surface area (Å²) in [5.74, 6) is 0.264. The summed E-state index contributed by atoms with van der Waals surface area (Å²) in [4.78, 5) is 36.7. The molecule has 0 aliphatic rings. The average molecular weight is 1030 g/mol. The maximum atomic E-state index is 14.7. The van der Waals surface area contributed by atoms with Crippen molar-refractivity contribution in [1.82, 2.24) is 24.9 Å². The number of unbranched alkanes of at least 4 members (excludes halogenated alkanes) is 39. The normalized spacial score (nSPS) is 12.2. The zero-order valence-corrected chi connectivity index (χ0v) is 51.1. The van der Waals surface area contributed by atoms with Gasteiger partial charge in [-0.25, -0.2) is 0 Å². The third-order valence-corrected chi connectivity index (χ3v) is 16.2. The van der Waals surface area contributed by atoms with E-state index >= 15 is 0 Å². The van der Waals surface area contributed by atoms with Gasteiger partial charge in [0.1, 0.15) is 0 Å². The molecule has 0 bridgehead atoms. The minimum atomic E-state index is -0.00833. The number of nitrogens with one attached hydrogen (secondary N) is 1. The van der Waals surface area contributed by atoms with Crippen LogP contribution in [0.5, 0.6) is 0 Å². The molecule has 0 aliphatic heterocycles. The Hall–Kier alpha value is -1.18. The third-order valence-electron chi connectivity index (χ3n) is 16.2. The number of hydrogen-bond acceptors (Lipinski definition) is 5. The molecule has 0 saturated heterocycles. The van der Waals surface area contributed by atoms with Crippen molar-refractivity contribution in [2.75, 3.05) is 72.0 Å². The van der Waals surface area contributed by atoms with Crippen LogP contribution in [0.3, 0.4) is 0 Å². The summed E-state index contributed by atoms with van der Waals surface area (Å²) in [7, 11) is 0. The molecule has 0 aromatic carbocycles. The van der Waals surface area contributed by atoms with Crippen molar-refractivity contribution < 1.29 is 9.59 Å². The monoisotopic (exact) mass is 1030 g/mol. The summed E-state index contributed by atoms with van der Waals surface area (Å²) >= 11 is 0. The van der Waals surface area contributed by atoms with Crippen LogP contribution in [-0.4, -0.2) is 110 Å². The molecule has 0 saturated carbocycles.